The standard InChI is InChI=1S/C15H18FN3O3S/c1-11-8-13(2-3-14(11)16)23(20,21)18-5-6-19-15-4-7-22-10-12(15)9-17-19/h2-3,8-9,18H,4-7,10H2,1H3. The summed E-state index contributed by atoms with van der Waals surface area (Å²) in [6.07, 6.45) is 2.53. The van der Waals surface area contributed by atoms with E-state index in [1.807, 2.05) is 0 Å². The number of halogens is 1. The van der Waals surface area contributed by atoms with Gasteiger partial charge in [0, 0.05) is 24.2 Å². The Morgan fingerprint density at radius 3 is 3.04 bits per heavy atom. The van der Waals surface area contributed by atoms with Crippen molar-refractivity contribution in [2.24, 2.45) is 0 Å². The lowest BCUT2D eigenvalue weighted by molar-refractivity contribution is 0.109. The first-order valence-corrected chi connectivity index (χ1v) is 8.83. The van der Waals surface area contributed by atoms with Gasteiger partial charge in [0.15, 0.2) is 0 Å². The van der Waals surface area contributed by atoms with Gasteiger partial charge in [0.25, 0.3) is 0 Å². The minimum atomic E-state index is -3.66. The smallest absolute Gasteiger partial charge is 0.240 e. The molecular formula is C15H18FN3O3S. The van der Waals surface area contributed by atoms with Gasteiger partial charge in [0.1, 0.15) is 5.82 Å². The normalized spacial score (nSPS) is 14.7. The van der Waals surface area contributed by atoms with Crippen molar-refractivity contribution in [3.63, 3.8) is 0 Å². The first-order chi connectivity index (χ1) is 11.0. The van der Waals surface area contributed by atoms with Crippen LogP contribution >= 0.6 is 0 Å². The Morgan fingerprint density at radius 1 is 1.43 bits per heavy atom. The average molecular weight is 339 g/mol. The monoisotopic (exact) mass is 339 g/mol. The molecule has 1 aromatic carbocycles. The second kappa shape index (κ2) is 6.38. The van der Waals surface area contributed by atoms with Crippen LogP contribution in [0.2, 0.25) is 0 Å². The summed E-state index contributed by atoms with van der Waals surface area (Å²) >= 11 is 0. The van der Waals surface area contributed by atoms with Crippen LogP contribution in [0.3, 0.4) is 0 Å². The highest BCUT2D eigenvalue weighted by Crippen LogP contribution is 2.16. The molecule has 0 fully saturated rings. The summed E-state index contributed by atoms with van der Waals surface area (Å²) in [7, 11) is -3.66. The van der Waals surface area contributed by atoms with Crippen molar-refractivity contribution < 1.29 is 17.5 Å². The number of aromatic nitrogens is 2. The van der Waals surface area contributed by atoms with Gasteiger partial charge in [-0.1, -0.05) is 0 Å². The summed E-state index contributed by atoms with van der Waals surface area (Å²) in [6.45, 7) is 3.39. The van der Waals surface area contributed by atoms with E-state index in [0.717, 1.165) is 23.7 Å². The lowest BCUT2D eigenvalue weighted by Crippen LogP contribution is -2.28. The predicted octanol–water partition coefficient (Wildman–Crippen LogP) is 1.38. The van der Waals surface area contributed by atoms with Crippen LogP contribution in [0.4, 0.5) is 4.39 Å². The molecule has 23 heavy (non-hydrogen) atoms. The average Bonchev–Trinajstić information content (AvgIpc) is 2.93. The molecule has 1 aliphatic heterocycles. The second-order valence-corrected chi connectivity index (χ2v) is 7.22. The molecule has 8 heteroatoms. The fourth-order valence-electron chi connectivity index (χ4n) is 2.56. The van der Waals surface area contributed by atoms with Crippen molar-refractivity contribution in [2.75, 3.05) is 13.2 Å². The van der Waals surface area contributed by atoms with Crippen LogP contribution in [0, 0.1) is 12.7 Å². The number of rotatable bonds is 5. The molecule has 1 N–H and O–H groups in total. The van der Waals surface area contributed by atoms with Crippen LogP contribution in [-0.2, 0) is 34.3 Å². The molecule has 0 aliphatic carbocycles. The van der Waals surface area contributed by atoms with Crippen LogP contribution in [-0.4, -0.2) is 31.3 Å². The van der Waals surface area contributed by atoms with E-state index in [0.29, 0.717) is 25.3 Å². The lowest BCUT2D eigenvalue weighted by Gasteiger charge is -2.15. The maximum Gasteiger partial charge on any atom is 0.240 e. The SMILES string of the molecule is Cc1cc(S(=O)(=O)NCCn2ncc3c2CCOC3)ccc1F. The van der Waals surface area contributed by atoms with Gasteiger partial charge in [-0.15, -0.1) is 0 Å². The highest BCUT2D eigenvalue weighted by Gasteiger charge is 2.17. The predicted molar refractivity (Wildman–Crippen MR) is 81.9 cm³/mol. The minimum absolute atomic E-state index is 0.0623. The van der Waals surface area contributed by atoms with E-state index in [2.05, 4.69) is 9.82 Å². The molecule has 3 rings (SSSR count). The molecule has 2 heterocycles. The quantitative estimate of drug-likeness (QED) is 0.893. The number of sulfonamides is 1. The van der Waals surface area contributed by atoms with Crippen molar-refractivity contribution in [2.45, 2.75) is 31.4 Å². The summed E-state index contributed by atoms with van der Waals surface area (Å²) in [5.74, 6) is -0.422. The van der Waals surface area contributed by atoms with E-state index >= 15 is 0 Å². The van der Waals surface area contributed by atoms with Crippen LogP contribution in [0.5, 0.6) is 0 Å². The molecule has 0 unspecified atom stereocenters. The minimum Gasteiger partial charge on any atom is -0.376 e. The molecule has 0 radical (unpaired) electrons. The molecule has 0 atom stereocenters. The maximum atomic E-state index is 13.2. The van der Waals surface area contributed by atoms with Crippen molar-refractivity contribution in [1.82, 2.24) is 14.5 Å². The van der Waals surface area contributed by atoms with Crippen molar-refractivity contribution in [3.8, 4) is 0 Å². The van der Waals surface area contributed by atoms with E-state index < -0.39 is 15.8 Å². The first kappa shape index (κ1) is 16.1. The summed E-state index contributed by atoms with van der Waals surface area (Å²) in [4.78, 5) is 0.0623. The zero-order valence-electron chi connectivity index (χ0n) is 12.8. The molecular weight excluding hydrogens is 321 g/mol. The largest absolute Gasteiger partial charge is 0.376 e. The van der Waals surface area contributed by atoms with Gasteiger partial charge < -0.3 is 4.74 Å². The van der Waals surface area contributed by atoms with Gasteiger partial charge in [-0.05, 0) is 30.7 Å². The number of ether oxygens (including phenoxy) is 1. The van der Waals surface area contributed by atoms with Crippen LogP contribution in [0.15, 0.2) is 29.3 Å². The van der Waals surface area contributed by atoms with Crippen LogP contribution in [0.1, 0.15) is 16.8 Å². The van der Waals surface area contributed by atoms with Crippen LogP contribution < -0.4 is 4.72 Å². The summed E-state index contributed by atoms with van der Waals surface area (Å²) in [5.41, 5.74) is 2.44. The van der Waals surface area contributed by atoms with E-state index in [1.54, 1.807) is 10.9 Å². The zero-order chi connectivity index (χ0) is 16.4. The molecule has 0 amide bonds. The number of benzene rings is 1. The maximum absolute atomic E-state index is 13.2. The summed E-state index contributed by atoms with van der Waals surface area (Å²) in [6, 6.07) is 3.75. The Morgan fingerprint density at radius 2 is 2.26 bits per heavy atom. The summed E-state index contributed by atoms with van der Waals surface area (Å²) < 4.78 is 47.4. The number of nitrogens with zero attached hydrogens (tertiary/aromatic N) is 2. The topological polar surface area (TPSA) is 73.2 Å². The van der Waals surface area contributed by atoms with E-state index in [9.17, 15) is 12.8 Å². The van der Waals surface area contributed by atoms with E-state index in [1.165, 1.54) is 19.1 Å². The van der Waals surface area contributed by atoms with Gasteiger partial charge in [-0.2, -0.15) is 5.10 Å². The number of fused-ring (bicyclic) bond motifs is 1. The van der Waals surface area contributed by atoms with Crippen LogP contribution in [0.25, 0.3) is 0 Å². The fourth-order valence-corrected chi connectivity index (χ4v) is 3.66. The molecule has 1 aliphatic rings. The Hall–Kier alpha value is -1.77. The Bertz CT molecular complexity index is 817. The fraction of sp³-hybridized carbons (Fsp3) is 0.400. The Kier molecular flexibility index (Phi) is 4.47. The third-order valence-electron chi connectivity index (χ3n) is 3.83. The Labute approximate surface area is 134 Å². The highest BCUT2D eigenvalue weighted by atomic mass is 32.2. The third kappa shape index (κ3) is 3.44. The number of nitrogens with one attached hydrogen (secondary N) is 1. The van der Waals surface area contributed by atoms with Crippen molar-refractivity contribution in [1.29, 1.82) is 0 Å². The number of aryl methyl sites for hydroxylation is 1. The number of hydrogen-bond donors (Lipinski definition) is 1. The first-order valence-electron chi connectivity index (χ1n) is 7.34. The van der Waals surface area contributed by atoms with Gasteiger partial charge in [0.2, 0.25) is 10.0 Å². The molecule has 124 valence electrons. The molecule has 2 aromatic rings. The lowest BCUT2D eigenvalue weighted by atomic mass is 10.2. The van der Waals surface area contributed by atoms with E-state index in [-0.39, 0.29) is 11.4 Å². The highest BCUT2D eigenvalue weighted by molar-refractivity contribution is 7.89. The van der Waals surface area contributed by atoms with Crippen molar-refractivity contribution >= 4 is 10.0 Å². The molecule has 1 aromatic heterocycles. The summed E-state index contributed by atoms with van der Waals surface area (Å²) in [5, 5.41) is 4.27. The molecule has 6 nitrogen and oxygen atoms in total. The second-order valence-electron chi connectivity index (χ2n) is 5.45. The molecule has 0 saturated heterocycles. The van der Waals surface area contributed by atoms with Gasteiger partial charge in [-0.3, -0.25) is 4.68 Å². The zero-order valence-corrected chi connectivity index (χ0v) is 13.6. The number of hydrogen-bond acceptors (Lipinski definition) is 4. The molecule has 0 bridgehead atoms. The van der Waals surface area contributed by atoms with Gasteiger partial charge in [-0.25, -0.2) is 17.5 Å². The Balaban J connectivity index is 1.65. The third-order valence-corrected chi connectivity index (χ3v) is 5.29. The van der Waals surface area contributed by atoms with Crippen molar-refractivity contribution in [3.05, 3.63) is 47.0 Å². The van der Waals surface area contributed by atoms with E-state index in [4.69, 9.17) is 4.74 Å². The molecule has 0 saturated carbocycles. The van der Waals surface area contributed by atoms with Gasteiger partial charge in [0.05, 0.1) is 30.9 Å². The van der Waals surface area contributed by atoms with Gasteiger partial charge >= 0.3 is 0 Å². The molecule has 0 spiro atoms.